The molecule has 0 unspecified atom stereocenters. The van der Waals surface area contributed by atoms with E-state index in [1.807, 2.05) is 12.2 Å². The molecule has 0 aromatic heterocycles. The summed E-state index contributed by atoms with van der Waals surface area (Å²) in [6.45, 7) is 0.0912. The minimum atomic E-state index is -0.696. The van der Waals surface area contributed by atoms with Crippen LogP contribution < -0.4 is 0 Å². The van der Waals surface area contributed by atoms with E-state index in [2.05, 4.69) is 6.08 Å². The van der Waals surface area contributed by atoms with Gasteiger partial charge in [0, 0.05) is 6.42 Å². The van der Waals surface area contributed by atoms with Crippen LogP contribution in [-0.4, -0.2) is 22.8 Å². The molecule has 0 amide bonds. The largest absolute Gasteiger partial charge is 0.481 e. The summed E-state index contributed by atoms with van der Waals surface area (Å²) >= 11 is 0. The van der Waals surface area contributed by atoms with Crippen LogP contribution in [0.25, 0.3) is 0 Å². The minimum absolute atomic E-state index is 0.0912. The molecular formula is C13H22O3. The fourth-order valence-corrected chi connectivity index (χ4v) is 1.38. The van der Waals surface area contributed by atoms with E-state index in [0.717, 1.165) is 38.5 Å². The van der Waals surface area contributed by atoms with Gasteiger partial charge in [0.2, 0.25) is 0 Å². The van der Waals surface area contributed by atoms with Gasteiger partial charge in [-0.1, -0.05) is 43.6 Å². The summed E-state index contributed by atoms with van der Waals surface area (Å²) in [6.07, 6.45) is 14.2. The van der Waals surface area contributed by atoms with Gasteiger partial charge in [-0.2, -0.15) is 0 Å². The van der Waals surface area contributed by atoms with Crippen molar-refractivity contribution in [2.45, 2.75) is 44.9 Å². The second-order valence-electron chi connectivity index (χ2n) is 3.74. The van der Waals surface area contributed by atoms with E-state index in [9.17, 15) is 4.79 Å². The summed E-state index contributed by atoms with van der Waals surface area (Å²) in [5.74, 6) is -0.696. The number of rotatable bonds is 10. The van der Waals surface area contributed by atoms with E-state index in [-0.39, 0.29) is 6.61 Å². The molecule has 0 aliphatic heterocycles. The van der Waals surface area contributed by atoms with Crippen molar-refractivity contribution in [3.05, 3.63) is 24.3 Å². The van der Waals surface area contributed by atoms with Crippen molar-refractivity contribution < 1.29 is 15.0 Å². The van der Waals surface area contributed by atoms with E-state index >= 15 is 0 Å². The summed E-state index contributed by atoms with van der Waals surface area (Å²) in [5.41, 5.74) is 0. The van der Waals surface area contributed by atoms with Crippen LogP contribution in [0.15, 0.2) is 24.3 Å². The molecule has 0 radical (unpaired) electrons. The summed E-state index contributed by atoms with van der Waals surface area (Å²) in [6, 6.07) is 0. The van der Waals surface area contributed by atoms with Crippen LogP contribution in [0.2, 0.25) is 0 Å². The van der Waals surface area contributed by atoms with Crippen molar-refractivity contribution in [1.29, 1.82) is 0 Å². The molecule has 0 fully saturated rings. The predicted molar refractivity (Wildman–Crippen MR) is 65.3 cm³/mol. The average molecular weight is 226 g/mol. The molecule has 0 spiro atoms. The van der Waals surface area contributed by atoms with Crippen LogP contribution in [0.3, 0.4) is 0 Å². The third-order valence-electron chi connectivity index (χ3n) is 2.25. The number of allylic oxidation sites excluding steroid dienone is 3. The highest BCUT2D eigenvalue weighted by Crippen LogP contribution is 2.07. The molecule has 0 aromatic rings. The molecular weight excluding hydrogens is 204 g/mol. The molecule has 0 aliphatic carbocycles. The average Bonchev–Trinajstić information content (AvgIpc) is 2.25. The van der Waals surface area contributed by atoms with Gasteiger partial charge < -0.3 is 10.2 Å². The molecule has 3 nitrogen and oxygen atoms in total. The molecule has 2 N–H and O–H groups in total. The maximum Gasteiger partial charge on any atom is 0.303 e. The Balaban J connectivity index is 3.12. The zero-order chi connectivity index (χ0) is 12.1. The Bertz CT molecular complexity index is 219. The summed E-state index contributed by atoms with van der Waals surface area (Å²) < 4.78 is 0. The fourth-order valence-electron chi connectivity index (χ4n) is 1.38. The molecule has 3 heteroatoms. The molecule has 0 saturated heterocycles. The first-order valence-corrected chi connectivity index (χ1v) is 5.91. The number of carboxylic acids is 1. The summed E-state index contributed by atoms with van der Waals surface area (Å²) in [7, 11) is 0. The van der Waals surface area contributed by atoms with Gasteiger partial charge >= 0.3 is 5.97 Å². The second-order valence-corrected chi connectivity index (χ2v) is 3.74. The number of unbranched alkanes of at least 4 members (excludes halogenated alkanes) is 5. The summed E-state index contributed by atoms with van der Waals surface area (Å²) in [5, 5.41) is 16.9. The zero-order valence-corrected chi connectivity index (χ0v) is 9.77. The highest BCUT2D eigenvalue weighted by Gasteiger charge is 1.95. The highest BCUT2D eigenvalue weighted by atomic mass is 16.4. The highest BCUT2D eigenvalue weighted by molar-refractivity contribution is 5.66. The van der Waals surface area contributed by atoms with E-state index < -0.39 is 5.97 Å². The summed E-state index contributed by atoms with van der Waals surface area (Å²) in [4.78, 5) is 10.2. The molecule has 0 rings (SSSR count). The van der Waals surface area contributed by atoms with Gasteiger partial charge in [0.1, 0.15) is 0 Å². The number of carbonyl (C=O) groups is 1. The van der Waals surface area contributed by atoms with Gasteiger partial charge in [-0.3, -0.25) is 4.79 Å². The van der Waals surface area contributed by atoms with Gasteiger partial charge in [0.05, 0.1) is 6.61 Å². The van der Waals surface area contributed by atoms with Gasteiger partial charge in [-0.05, 0) is 19.3 Å². The molecule has 16 heavy (non-hydrogen) atoms. The van der Waals surface area contributed by atoms with Crippen molar-refractivity contribution in [1.82, 2.24) is 0 Å². The molecule has 0 atom stereocenters. The first-order valence-electron chi connectivity index (χ1n) is 5.91. The lowest BCUT2D eigenvalue weighted by Gasteiger charge is -1.97. The fraction of sp³-hybridized carbons (Fsp3) is 0.615. The number of aliphatic hydroxyl groups excluding tert-OH is 1. The molecule has 0 saturated carbocycles. The molecule has 0 heterocycles. The third-order valence-corrected chi connectivity index (χ3v) is 2.25. The molecule has 92 valence electrons. The van der Waals surface area contributed by atoms with E-state index in [1.54, 1.807) is 6.08 Å². The maximum absolute atomic E-state index is 10.2. The second kappa shape index (κ2) is 12.0. The molecule has 0 bridgehead atoms. The van der Waals surface area contributed by atoms with Crippen molar-refractivity contribution in [2.24, 2.45) is 0 Å². The van der Waals surface area contributed by atoms with Crippen LogP contribution in [-0.2, 0) is 4.79 Å². The lowest BCUT2D eigenvalue weighted by molar-refractivity contribution is -0.137. The lowest BCUT2D eigenvalue weighted by Crippen LogP contribution is -1.93. The van der Waals surface area contributed by atoms with E-state index in [0.29, 0.717) is 6.42 Å². The minimum Gasteiger partial charge on any atom is -0.481 e. The Kier molecular flexibility index (Phi) is 11.2. The van der Waals surface area contributed by atoms with Crippen LogP contribution in [0.5, 0.6) is 0 Å². The molecule has 0 aromatic carbocycles. The third kappa shape index (κ3) is 12.9. The van der Waals surface area contributed by atoms with Crippen molar-refractivity contribution in [3.8, 4) is 0 Å². The number of hydrogen-bond donors (Lipinski definition) is 2. The lowest BCUT2D eigenvalue weighted by atomic mass is 10.1. The number of hydrogen-bond acceptors (Lipinski definition) is 2. The first kappa shape index (κ1) is 14.9. The first-order chi connectivity index (χ1) is 7.77. The standard InChI is InChI=1S/C13H22O3/c14-12-10-8-6-4-2-1-3-5-7-9-11-13(15)16/h4,6,8,10,14H,1-3,5,7,9,11-12H2,(H,15,16)/b6-4-,10-8+. The van der Waals surface area contributed by atoms with E-state index in [1.165, 1.54) is 0 Å². The van der Waals surface area contributed by atoms with Gasteiger partial charge in [-0.25, -0.2) is 0 Å². The van der Waals surface area contributed by atoms with Crippen molar-refractivity contribution in [3.63, 3.8) is 0 Å². The van der Waals surface area contributed by atoms with Gasteiger partial charge in [0.15, 0.2) is 0 Å². The van der Waals surface area contributed by atoms with Gasteiger partial charge in [0.25, 0.3) is 0 Å². The Morgan fingerprint density at radius 1 is 0.938 bits per heavy atom. The van der Waals surface area contributed by atoms with Crippen LogP contribution in [0, 0.1) is 0 Å². The van der Waals surface area contributed by atoms with Crippen LogP contribution in [0.1, 0.15) is 44.9 Å². The zero-order valence-electron chi connectivity index (χ0n) is 9.77. The van der Waals surface area contributed by atoms with Crippen LogP contribution >= 0.6 is 0 Å². The van der Waals surface area contributed by atoms with Crippen LogP contribution in [0.4, 0.5) is 0 Å². The Morgan fingerprint density at radius 2 is 1.56 bits per heavy atom. The molecule has 0 aliphatic rings. The Labute approximate surface area is 97.5 Å². The SMILES string of the molecule is O=C(O)CCCCCCC/C=C\C=C\CO. The topological polar surface area (TPSA) is 57.5 Å². The number of carboxylic acid groups (broad SMARTS) is 1. The van der Waals surface area contributed by atoms with E-state index in [4.69, 9.17) is 10.2 Å². The van der Waals surface area contributed by atoms with Crippen molar-refractivity contribution >= 4 is 5.97 Å². The van der Waals surface area contributed by atoms with Crippen molar-refractivity contribution in [2.75, 3.05) is 6.61 Å². The smallest absolute Gasteiger partial charge is 0.303 e. The Hall–Kier alpha value is -1.09. The normalized spacial score (nSPS) is 11.6. The monoisotopic (exact) mass is 226 g/mol. The number of aliphatic hydroxyl groups is 1. The quantitative estimate of drug-likeness (QED) is 0.445. The predicted octanol–water partition coefficient (Wildman–Crippen LogP) is 2.91. The maximum atomic E-state index is 10.2. The number of aliphatic carboxylic acids is 1. The Morgan fingerprint density at radius 3 is 2.25 bits per heavy atom. The van der Waals surface area contributed by atoms with Gasteiger partial charge in [-0.15, -0.1) is 0 Å².